The van der Waals surface area contributed by atoms with Gasteiger partial charge in [0.1, 0.15) is 0 Å². The molecule has 0 aromatic carbocycles. The zero-order valence-electron chi connectivity index (χ0n) is 8.28. The SMILES string of the molecule is CC.CC.FC[C@@H]1CCNC1. The van der Waals surface area contributed by atoms with E-state index in [-0.39, 0.29) is 6.67 Å². The highest BCUT2D eigenvalue weighted by atomic mass is 19.1. The molecule has 70 valence electrons. The summed E-state index contributed by atoms with van der Waals surface area (Å²) < 4.78 is 11.7. The van der Waals surface area contributed by atoms with Crippen LogP contribution in [0, 0.1) is 5.92 Å². The lowest BCUT2D eigenvalue weighted by atomic mass is 10.1. The molecule has 11 heavy (non-hydrogen) atoms. The molecule has 0 bridgehead atoms. The van der Waals surface area contributed by atoms with Crippen molar-refractivity contribution in [3.8, 4) is 0 Å². The second-order valence-corrected chi connectivity index (χ2v) is 2.01. The van der Waals surface area contributed by atoms with Crippen LogP contribution in [-0.2, 0) is 0 Å². The average Bonchev–Trinajstić information content (AvgIpc) is 2.63. The minimum absolute atomic E-state index is 0.146. The summed E-state index contributed by atoms with van der Waals surface area (Å²) in [6.07, 6.45) is 1.02. The second kappa shape index (κ2) is 12.6. The number of hydrogen-bond acceptors (Lipinski definition) is 1. The molecular weight excluding hydrogens is 141 g/mol. The molecule has 1 saturated heterocycles. The van der Waals surface area contributed by atoms with Crippen LogP contribution in [0.5, 0.6) is 0 Å². The molecule has 2 heteroatoms. The van der Waals surface area contributed by atoms with Crippen molar-refractivity contribution in [1.82, 2.24) is 5.32 Å². The maximum absolute atomic E-state index is 11.7. The fourth-order valence-corrected chi connectivity index (χ4v) is 0.846. The van der Waals surface area contributed by atoms with E-state index in [1.807, 2.05) is 27.7 Å². The highest BCUT2D eigenvalue weighted by molar-refractivity contribution is 4.69. The molecule has 1 aliphatic heterocycles. The predicted octanol–water partition coefficient (Wildman–Crippen LogP) is 2.62. The summed E-state index contributed by atoms with van der Waals surface area (Å²) >= 11 is 0. The molecule has 0 aliphatic carbocycles. The lowest BCUT2D eigenvalue weighted by Crippen LogP contribution is -2.09. The van der Waals surface area contributed by atoms with Crippen molar-refractivity contribution in [2.45, 2.75) is 34.1 Å². The van der Waals surface area contributed by atoms with Crippen LogP contribution in [0.4, 0.5) is 4.39 Å². The summed E-state index contributed by atoms with van der Waals surface area (Å²) in [4.78, 5) is 0. The molecule has 0 unspecified atom stereocenters. The summed E-state index contributed by atoms with van der Waals surface area (Å²) in [6.45, 7) is 9.75. The van der Waals surface area contributed by atoms with Crippen molar-refractivity contribution in [2.75, 3.05) is 19.8 Å². The maximum atomic E-state index is 11.7. The van der Waals surface area contributed by atoms with Crippen molar-refractivity contribution in [2.24, 2.45) is 5.92 Å². The van der Waals surface area contributed by atoms with Gasteiger partial charge in [-0.15, -0.1) is 0 Å². The van der Waals surface area contributed by atoms with Crippen LogP contribution in [0.1, 0.15) is 34.1 Å². The van der Waals surface area contributed by atoms with Crippen molar-refractivity contribution in [3.05, 3.63) is 0 Å². The topological polar surface area (TPSA) is 12.0 Å². The Morgan fingerprint density at radius 2 is 1.82 bits per heavy atom. The third-order valence-electron chi connectivity index (χ3n) is 1.38. The van der Waals surface area contributed by atoms with Gasteiger partial charge < -0.3 is 5.32 Å². The summed E-state index contributed by atoms with van der Waals surface area (Å²) in [6, 6.07) is 0. The Labute approximate surface area is 70.4 Å². The first kappa shape index (κ1) is 13.5. The zero-order chi connectivity index (χ0) is 9.11. The van der Waals surface area contributed by atoms with E-state index in [4.69, 9.17) is 0 Å². The van der Waals surface area contributed by atoms with Crippen LogP contribution < -0.4 is 5.32 Å². The number of alkyl halides is 1. The van der Waals surface area contributed by atoms with Crippen LogP contribution in [0.25, 0.3) is 0 Å². The Morgan fingerprint density at radius 1 is 1.27 bits per heavy atom. The van der Waals surface area contributed by atoms with Crippen LogP contribution in [-0.4, -0.2) is 19.8 Å². The van der Waals surface area contributed by atoms with Crippen molar-refractivity contribution < 1.29 is 4.39 Å². The highest BCUT2D eigenvalue weighted by Gasteiger charge is 2.12. The van der Waals surface area contributed by atoms with Gasteiger partial charge in [-0.1, -0.05) is 27.7 Å². The van der Waals surface area contributed by atoms with Gasteiger partial charge in [0, 0.05) is 12.5 Å². The Kier molecular flexibility index (Phi) is 15.4. The quantitative estimate of drug-likeness (QED) is 0.626. The van der Waals surface area contributed by atoms with Gasteiger partial charge in [-0.3, -0.25) is 4.39 Å². The molecule has 0 aromatic rings. The van der Waals surface area contributed by atoms with Crippen molar-refractivity contribution in [3.63, 3.8) is 0 Å². The number of rotatable bonds is 1. The van der Waals surface area contributed by atoms with E-state index in [2.05, 4.69) is 5.32 Å². The Bertz CT molecular complexity index is 51.5. The molecule has 1 aliphatic rings. The van der Waals surface area contributed by atoms with E-state index in [9.17, 15) is 4.39 Å². The van der Waals surface area contributed by atoms with Crippen LogP contribution >= 0.6 is 0 Å². The molecule has 1 atom stereocenters. The smallest absolute Gasteiger partial charge is 0.0935 e. The van der Waals surface area contributed by atoms with Crippen LogP contribution in [0.3, 0.4) is 0 Å². The van der Waals surface area contributed by atoms with Gasteiger partial charge in [0.2, 0.25) is 0 Å². The van der Waals surface area contributed by atoms with Gasteiger partial charge >= 0.3 is 0 Å². The summed E-state index contributed by atoms with van der Waals surface area (Å²) in [7, 11) is 0. The predicted molar refractivity (Wildman–Crippen MR) is 49.6 cm³/mol. The average molecular weight is 163 g/mol. The summed E-state index contributed by atoms with van der Waals surface area (Å²) in [5, 5.41) is 3.08. The zero-order valence-corrected chi connectivity index (χ0v) is 8.28. The number of nitrogens with one attached hydrogen (secondary N) is 1. The maximum Gasteiger partial charge on any atom is 0.0935 e. The number of halogens is 1. The van der Waals surface area contributed by atoms with Gasteiger partial charge in [0.05, 0.1) is 6.67 Å². The van der Waals surface area contributed by atoms with E-state index in [1.54, 1.807) is 0 Å². The second-order valence-electron chi connectivity index (χ2n) is 2.01. The molecule has 1 heterocycles. The Balaban J connectivity index is 0. The largest absolute Gasteiger partial charge is 0.316 e. The summed E-state index contributed by atoms with van der Waals surface area (Å²) in [5.41, 5.74) is 0. The fraction of sp³-hybridized carbons (Fsp3) is 1.00. The van der Waals surface area contributed by atoms with Crippen LogP contribution in [0.2, 0.25) is 0 Å². The monoisotopic (exact) mass is 163 g/mol. The third kappa shape index (κ3) is 7.79. The lowest BCUT2D eigenvalue weighted by Gasteiger charge is -1.95. The van der Waals surface area contributed by atoms with E-state index >= 15 is 0 Å². The van der Waals surface area contributed by atoms with Gasteiger partial charge in [0.25, 0.3) is 0 Å². The molecule has 0 saturated carbocycles. The fourth-order valence-electron chi connectivity index (χ4n) is 0.846. The van der Waals surface area contributed by atoms with Gasteiger partial charge in [0.15, 0.2) is 0 Å². The highest BCUT2D eigenvalue weighted by Crippen LogP contribution is 2.06. The van der Waals surface area contributed by atoms with Gasteiger partial charge in [-0.25, -0.2) is 0 Å². The Hall–Kier alpha value is -0.110. The van der Waals surface area contributed by atoms with E-state index in [0.29, 0.717) is 5.92 Å². The van der Waals surface area contributed by atoms with E-state index in [0.717, 1.165) is 19.5 Å². The molecule has 1 rings (SSSR count). The standard InChI is InChI=1S/C5H10FN.2C2H6/c6-3-5-1-2-7-4-5;2*1-2/h5,7H,1-4H2;2*1-2H3/t5-;;/m0../s1. The van der Waals surface area contributed by atoms with Gasteiger partial charge in [-0.05, 0) is 13.0 Å². The molecule has 0 amide bonds. The normalized spacial score (nSPS) is 21.0. The van der Waals surface area contributed by atoms with Gasteiger partial charge in [-0.2, -0.15) is 0 Å². The lowest BCUT2D eigenvalue weighted by molar-refractivity contribution is 0.382. The molecule has 1 N–H and O–H groups in total. The third-order valence-corrected chi connectivity index (χ3v) is 1.38. The molecule has 1 nitrogen and oxygen atoms in total. The molecule has 0 spiro atoms. The molecule has 0 aromatic heterocycles. The molecule has 1 fully saturated rings. The first-order valence-electron chi connectivity index (χ1n) is 4.70. The van der Waals surface area contributed by atoms with Crippen molar-refractivity contribution >= 4 is 0 Å². The minimum Gasteiger partial charge on any atom is -0.316 e. The van der Waals surface area contributed by atoms with Crippen LogP contribution in [0.15, 0.2) is 0 Å². The molecule has 0 radical (unpaired) electrons. The number of hydrogen-bond donors (Lipinski definition) is 1. The molecular formula is C9H22FN. The first-order chi connectivity index (χ1) is 5.43. The van der Waals surface area contributed by atoms with E-state index < -0.39 is 0 Å². The summed E-state index contributed by atoms with van der Waals surface area (Å²) in [5.74, 6) is 0.319. The Morgan fingerprint density at radius 3 is 2.00 bits per heavy atom. The minimum atomic E-state index is -0.146. The van der Waals surface area contributed by atoms with Crippen molar-refractivity contribution in [1.29, 1.82) is 0 Å². The first-order valence-corrected chi connectivity index (χ1v) is 4.70. The van der Waals surface area contributed by atoms with E-state index in [1.165, 1.54) is 0 Å².